The minimum Gasteiger partial charge on any atom is -0.456 e. The first-order valence-electron chi connectivity index (χ1n) is 9.41. The topological polar surface area (TPSA) is 112 Å². The fourth-order valence-corrected chi connectivity index (χ4v) is 3.64. The Labute approximate surface area is 159 Å². The van der Waals surface area contributed by atoms with E-state index >= 15 is 0 Å². The molecule has 1 aromatic rings. The largest absolute Gasteiger partial charge is 0.456 e. The van der Waals surface area contributed by atoms with Crippen molar-refractivity contribution in [1.82, 2.24) is 10.3 Å². The summed E-state index contributed by atoms with van der Waals surface area (Å²) in [5.41, 5.74) is 1.60. The van der Waals surface area contributed by atoms with E-state index in [1.165, 1.54) is 6.42 Å². The summed E-state index contributed by atoms with van der Waals surface area (Å²) in [7, 11) is 0. The molecule has 0 aromatic carbocycles. The van der Waals surface area contributed by atoms with Crippen molar-refractivity contribution in [1.29, 1.82) is 5.26 Å². The summed E-state index contributed by atoms with van der Waals surface area (Å²) in [5.74, 6) is -0.311. The molecule has 0 saturated heterocycles. The number of pyridine rings is 1. The van der Waals surface area contributed by atoms with Gasteiger partial charge < -0.3 is 15.0 Å². The van der Waals surface area contributed by atoms with Crippen LogP contribution in [0.3, 0.4) is 0 Å². The molecule has 2 rings (SSSR count). The van der Waals surface area contributed by atoms with Gasteiger partial charge in [-0.2, -0.15) is 5.26 Å². The number of rotatable bonds is 6. The number of nitrogens with zero attached hydrogens (tertiary/aromatic N) is 1. The molecule has 27 heavy (non-hydrogen) atoms. The summed E-state index contributed by atoms with van der Waals surface area (Å²) in [5, 5.41) is 12.0. The number of aromatic nitrogens is 1. The van der Waals surface area contributed by atoms with Crippen LogP contribution < -0.4 is 10.9 Å². The van der Waals surface area contributed by atoms with Crippen LogP contribution in [0.2, 0.25) is 0 Å². The SMILES string of the molecule is Cc1[nH]c(=O)c(C#N)c(C)c1CCC(=O)OCC(=O)N[C@@H]1CCCC[C@@H]1C. The van der Waals surface area contributed by atoms with Gasteiger partial charge in [-0.05, 0) is 50.2 Å². The lowest BCUT2D eigenvalue weighted by Gasteiger charge is -2.29. The number of nitriles is 1. The lowest BCUT2D eigenvalue weighted by Crippen LogP contribution is -2.42. The maximum absolute atomic E-state index is 12.0. The molecule has 7 heteroatoms. The zero-order chi connectivity index (χ0) is 20.0. The van der Waals surface area contributed by atoms with Crippen LogP contribution in [0.1, 0.15) is 61.4 Å². The smallest absolute Gasteiger partial charge is 0.306 e. The molecular formula is C20H27N3O4. The van der Waals surface area contributed by atoms with E-state index in [0.29, 0.717) is 23.6 Å². The Bertz CT molecular complexity index is 807. The predicted molar refractivity (Wildman–Crippen MR) is 100 cm³/mol. The Hall–Kier alpha value is -2.62. The highest BCUT2D eigenvalue weighted by Gasteiger charge is 2.23. The van der Waals surface area contributed by atoms with Gasteiger partial charge in [-0.1, -0.05) is 19.8 Å². The van der Waals surface area contributed by atoms with Crippen molar-refractivity contribution in [2.24, 2.45) is 5.92 Å². The van der Waals surface area contributed by atoms with Gasteiger partial charge in [0.25, 0.3) is 11.5 Å². The molecule has 2 atom stereocenters. The fourth-order valence-electron chi connectivity index (χ4n) is 3.64. The number of nitrogens with one attached hydrogen (secondary N) is 2. The molecule has 2 N–H and O–H groups in total. The minimum atomic E-state index is -0.481. The van der Waals surface area contributed by atoms with Crippen LogP contribution in [-0.4, -0.2) is 29.5 Å². The summed E-state index contributed by atoms with van der Waals surface area (Å²) in [6.45, 7) is 5.27. The molecule has 1 amide bonds. The molecule has 0 bridgehead atoms. The van der Waals surface area contributed by atoms with Crippen LogP contribution in [-0.2, 0) is 20.7 Å². The number of ether oxygens (including phenoxy) is 1. The zero-order valence-corrected chi connectivity index (χ0v) is 16.2. The molecular weight excluding hydrogens is 346 g/mol. The molecule has 0 unspecified atom stereocenters. The Morgan fingerprint density at radius 2 is 2.00 bits per heavy atom. The average Bonchev–Trinajstić information content (AvgIpc) is 2.62. The van der Waals surface area contributed by atoms with Gasteiger partial charge in [0.2, 0.25) is 0 Å². The molecule has 1 aromatic heterocycles. The monoisotopic (exact) mass is 373 g/mol. The summed E-state index contributed by atoms with van der Waals surface area (Å²) in [6, 6.07) is 2.04. The molecule has 0 spiro atoms. The van der Waals surface area contributed by atoms with E-state index in [1.54, 1.807) is 13.8 Å². The number of H-pyrrole nitrogens is 1. The standard InChI is InChI=1S/C20H27N3O4/c1-12-6-4-5-7-17(12)23-18(24)11-27-19(25)9-8-15-13(2)16(10-21)20(26)22-14(15)3/h12,17H,4-9,11H2,1-3H3,(H,22,26)(H,23,24)/t12-,17+/m0/s1. The quantitative estimate of drug-likeness (QED) is 0.741. The lowest BCUT2D eigenvalue weighted by atomic mass is 9.86. The second-order valence-electron chi connectivity index (χ2n) is 7.27. The molecule has 1 aliphatic rings. The minimum absolute atomic E-state index is 0.0601. The van der Waals surface area contributed by atoms with E-state index in [0.717, 1.165) is 24.8 Å². The third kappa shape index (κ3) is 5.43. The van der Waals surface area contributed by atoms with E-state index in [-0.39, 0.29) is 30.5 Å². The van der Waals surface area contributed by atoms with Crippen LogP contribution in [0.25, 0.3) is 0 Å². The Morgan fingerprint density at radius 3 is 2.67 bits per heavy atom. The number of amides is 1. The highest BCUT2D eigenvalue weighted by atomic mass is 16.5. The third-order valence-electron chi connectivity index (χ3n) is 5.32. The summed E-state index contributed by atoms with van der Waals surface area (Å²) in [6.07, 6.45) is 4.78. The van der Waals surface area contributed by atoms with E-state index < -0.39 is 11.5 Å². The lowest BCUT2D eigenvalue weighted by molar-refractivity contribution is -0.148. The first-order valence-corrected chi connectivity index (χ1v) is 9.41. The maximum Gasteiger partial charge on any atom is 0.306 e. The van der Waals surface area contributed by atoms with E-state index in [4.69, 9.17) is 10.00 Å². The van der Waals surface area contributed by atoms with Gasteiger partial charge in [-0.3, -0.25) is 14.4 Å². The number of aryl methyl sites for hydroxylation is 1. The molecule has 1 saturated carbocycles. The number of hydrogen-bond acceptors (Lipinski definition) is 5. The van der Waals surface area contributed by atoms with Gasteiger partial charge in [-0.15, -0.1) is 0 Å². The number of hydrogen-bond donors (Lipinski definition) is 2. The summed E-state index contributed by atoms with van der Waals surface area (Å²) in [4.78, 5) is 38.3. The van der Waals surface area contributed by atoms with E-state index in [1.807, 2.05) is 6.07 Å². The predicted octanol–water partition coefficient (Wildman–Crippen LogP) is 2.03. The molecule has 1 fully saturated rings. The van der Waals surface area contributed by atoms with Crippen molar-refractivity contribution < 1.29 is 14.3 Å². The van der Waals surface area contributed by atoms with Gasteiger partial charge in [0.05, 0.1) is 0 Å². The average molecular weight is 373 g/mol. The Kier molecular flexibility index (Phi) is 7.17. The first-order chi connectivity index (χ1) is 12.8. The van der Waals surface area contributed by atoms with Gasteiger partial charge >= 0.3 is 5.97 Å². The Balaban J connectivity index is 1.84. The summed E-state index contributed by atoms with van der Waals surface area (Å²) >= 11 is 0. The molecule has 1 aliphatic carbocycles. The number of carbonyl (C=O) groups is 2. The summed E-state index contributed by atoms with van der Waals surface area (Å²) < 4.78 is 5.07. The maximum atomic E-state index is 12.0. The third-order valence-corrected chi connectivity index (χ3v) is 5.32. The number of aromatic amines is 1. The van der Waals surface area contributed by atoms with Crippen molar-refractivity contribution in [3.05, 3.63) is 32.7 Å². The zero-order valence-electron chi connectivity index (χ0n) is 16.2. The highest BCUT2D eigenvalue weighted by Crippen LogP contribution is 2.23. The van der Waals surface area contributed by atoms with Crippen LogP contribution in [0.4, 0.5) is 0 Å². The van der Waals surface area contributed by atoms with Crippen LogP contribution in [0, 0.1) is 31.1 Å². The van der Waals surface area contributed by atoms with Crippen molar-refractivity contribution in [3.63, 3.8) is 0 Å². The van der Waals surface area contributed by atoms with E-state index in [9.17, 15) is 14.4 Å². The van der Waals surface area contributed by atoms with Crippen LogP contribution in [0.15, 0.2) is 4.79 Å². The second-order valence-corrected chi connectivity index (χ2v) is 7.27. The molecule has 7 nitrogen and oxygen atoms in total. The number of carbonyl (C=O) groups excluding carboxylic acids is 2. The van der Waals surface area contributed by atoms with Crippen molar-refractivity contribution in [2.75, 3.05) is 6.61 Å². The highest BCUT2D eigenvalue weighted by molar-refractivity contribution is 5.80. The van der Waals surface area contributed by atoms with Crippen molar-refractivity contribution >= 4 is 11.9 Å². The fraction of sp³-hybridized carbons (Fsp3) is 0.600. The van der Waals surface area contributed by atoms with Gasteiger partial charge in [0.15, 0.2) is 6.61 Å². The normalized spacial score (nSPS) is 19.2. The molecule has 146 valence electrons. The van der Waals surface area contributed by atoms with Gasteiger partial charge in [-0.25, -0.2) is 0 Å². The first kappa shape index (κ1) is 20.7. The molecule has 1 heterocycles. The number of esters is 1. The van der Waals surface area contributed by atoms with Crippen molar-refractivity contribution in [3.8, 4) is 6.07 Å². The molecule has 0 radical (unpaired) electrons. The van der Waals surface area contributed by atoms with Crippen molar-refractivity contribution in [2.45, 2.75) is 65.3 Å². The van der Waals surface area contributed by atoms with Crippen LogP contribution >= 0.6 is 0 Å². The van der Waals surface area contributed by atoms with Crippen LogP contribution in [0.5, 0.6) is 0 Å². The molecule has 0 aliphatic heterocycles. The van der Waals surface area contributed by atoms with Gasteiger partial charge in [0.1, 0.15) is 11.6 Å². The van der Waals surface area contributed by atoms with E-state index in [2.05, 4.69) is 17.2 Å². The van der Waals surface area contributed by atoms with Gasteiger partial charge in [0, 0.05) is 18.2 Å². The Morgan fingerprint density at radius 1 is 1.30 bits per heavy atom. The second kappa shape index (κ2) is 9.36.